The maximum Gasteiger partial charge on any atom is 0.223 e. The molecule has 3 saturated heterocycles. The van der Waals surface area contributed by atoms with Gasteiger partial charge in [-0.05, 0) is 67.3 Å². The Morgan fingerprint density at radius 2 is 2.03 bits per heavy atom. The first kappa shape index (κ1) is 20.0. The van der Waals surface area contributed by atoms with Gasteiger partial charge in [0.1, 0.15) is 5.82 Å². The van der Waals surface area contributed by atoms with E-state index in [4.69, 9.17) is 11.6 Å². The Hall–Kier alpha value is -1.98. The fourth-order valence-corrected chi connectivity index (χ4v) is 6.01. The smallest absolute Gasteiger partial charge is 0.223 e. The molecule has 5 rings (SSSR count). The van der Waals surface area contributed by atoms with E-state index >= 15 is 0 Å². The van der Waals surface area contributed by atoms with Crippen LogP contribution >= 0.6 is 11.6 Å². The van der Waals surface area contributed by atoms with E-state index in [0.29, 0.717) is 29.3 Å². The number of halogens is 2. The summed E-state index contributed by atoms with van der Waals surface area (Å²) in [6.45, 7) is 2.75. The van der Waals surface area contributed by atoms with Crippen molar-refractivity contribution >= 4 is 17.5 Å². The third-order valence-electron chi connectivity index (χ3n) is 7.08. The molecule has 1 aromatic carbocycles. The topological polar surface area (TPSA) is 36.4 Å². The number of amides is 1. The van der Waals surface area contributed by atoms with E-state index in [1.807, 2.05) is 18.2 Å². The minimum atomic E-state index is -0.207. The molecule has 0 saturated carbocycles. The van der Waals surface area contributed by atoms with Gasteiger partial charge in [-0.15, -0.1) is 0 Å². The molecule has 30 heavy (non-hydrogen) atoms. The standard InChI is InChI=1S/C24H27ClFN3O/c25-19-7-8-21(27-12-19)15-28-13-17-11-18(14-28)23(10-16-3-1-4-20(26)9-16)29-22(17)5-2-6-24(29)30/h1,3-4,7-9,12,17-18,22-23H,2,5-6,10-11,13-15H2/t17-,18+,22+,23+/m1/s1. The number of nitrogens with zero attached hydrogens (tertiary/aromatic N) is 3. The number of benzene rings is 1. The highest BCUT2D eigenvalue weighted by Gasteiger charge is 2.49. The molecule has 4 nitrogen and oxygen atoms in total. The summed E-state index contributed by atoms with van der Waals surface area (Å²) in [6.07, 6.45) is 6.29. The quantitative estimate of drug-likeness (QED) is 0.729. The molecule has 0 radical (unpaired) electrons. The van der Waals surface area contributed by atoms with E-state index < -0.39 is 0 Å². The maximum absolute atomic E-state index is 13.8. The van der Waals surface area contributed by atoms with Crippen LogP contribution in [0.1, 0.15) is 36.9 Å². The summed E-state index contributed by atoms with van der Waals surface area (Å²) in [5.41, 5.74) is 2.00. The molecule has 1 amide bonds. The molecule has 0 aliphatic carbocycles. The first-order valence-corrected chi connectivity index (χ1v) is 11.3. The van der Waals surface area contributed by atoms with Gasteiger partial charge in [-0.25, -0.2) is 4.39 Å². The molecule has 3 fully saturated rings. The molecule has 4 heterocycles. The Balaban J connectivity index is 1.40. The summed E-state index contributed by atoms with van der Waals surface area (Å²) in [7, 11) is 0. The Bertz CT molecular complexity index is 921. The Kier molecular flexibility index (Phi) is 5.50. The second-order valence-corrected chi connectivity index (χ2v) is 9.52. The summed E-state index contributed by atoms with van der Waals surface area (Å²) in [5, 5.41) is 0.654. The van der Waals surface area contributed by atoms with Gasteiger partial charge in [0.05, 0.1) is 10.7 Å². The molecule has 0 spiro atoms. The number of carbonyl (C=O) groups is 1. The lowest BCUT2D eigenvalue weighted by Crippen LogP contribution is -2.65. The number of aromatic nitrogens is 1. The molecule has 2 bridgehead atoms. The van der Waals surface area contributed by atoms with Crippen LogP contribution in [0.25, 0.3) is 0 Å². The Morgan fingerprint density at radius 1 is 1.17 bits per heavy atom. The number of hydrogen-bond donors (Lipinski definition) is 0. The summed E-state index contributed by atoms with van der Waals surface area (Å²) in [5.74, 6) is 0.985. The molecule has 3 aliphatic rings. The zero-order chi connectivity index (χ0) is 20.7. The van der Waals surface area contributed by atoms with Crippen molar-refractivity contribution in [3.05, 3.63) is 64.7 Å². The van der Waals surface area contributed by atoms with Crippen LogP contribution in [-0.2, 0) is 17.8 Å². The number of carbonyl (C=O) groups excluding carboxylic acids is 1. The molecule has 6 heteroatoms. The number of rotatable bonds is 4. The van der Waals surface area contributed by atoms with Gasteiger partial charge in [-0.1, -0.05) is 23.7 Å². The fourth-order valence-electron chi connectivity index (χ4n) is 5.90. The van der Waals surface area contributed by atoms with E-state index in [1.54, 1.807) is 18.3 Å². The van der Waals surface area contributed by atoms with Gasteiger partial charge in [0.2, 0.25) is 5.91 Å². The average molecular weight is 428 g/mol. The van der Waals surface area contributed by atoms with Crippen molar-refractivity contribution in [2.45, 2.75) is 50.7 Å². The van der Waals surface area contributed by atoms with E-state index in [-0.39, 0.29) is 17.8 Å². The minimum absolute atomic E-state index is 0.141. The van der Waals surface area contributed by atoms with Gasteiger partial charge in [0.15, 0.2) is 0 Å². The van der Waals surface area contributed by atoms with Gasteiger partial charge < -0.3 is 4.90 Å². The monoisotopic (exact) mass is 427 g/mol. The minimum Gasteiger partial charge on any atom is -0.336 e. The van der Waals surface area contributed by atoms with Crippen LogP contribution in [0, 0.1) is 17.7 Å². The lowest BCUT2D eigenvalue weighted by molar-refractivity contribution is -0.152. The van der Waals surface area contributed by atoms with Crippen LogP contribution in [-0.4, -0.2) is 45.9 Å². The first-order valence-electron chi connectivity index (χ1n) is 11.0. The highest BCUT2D eigenvalue weighted by atomic mass is 35.5. The van der Waals surface area contributed by atoms with E-state index in [0.717, 1.165) is 56.6 Å². The third kappa shape index (κ3) is 3.97. The molecule has 0 unspecified atom stereocenters. The van der Waals surface area contributed by atoms with Crippen LogP contribution in [0.5, 0.6) is 0 Å². The predicted molar refractivity (Wildman–Crippen MR) is 114 cm³/mol. The van der Waals surface area contributed by atoms with Crippen LogP contribution in [0.3, 0.4) is 0 Å². The molecule has 158 valence electrons. The number of likely N-dealkylation sites (tertiary alicyclic amines) is 1. The zero-order valence-corrected chi connectivity index (χ0v) is 17.8. The van der Waals surface area contributed by atoms with Crippen LogP contribution in [0.4, 0.5) is 4.39 Å². The second-order valence-electron chi connectivity index (χ2n) is 9.08. The molecule has 0 N–H and O–H groups in total. The van der Waals surface area contributed by atoms with Crippen molar-refractivity contribution in [2.75, 3.05) is 13.1 Å². The highest BCUT2D eigenvalue weighted by Crippen LogP contribution is 2.42. The van der Waals surface area contributed by atoms with Crippen LogP contribution in [0.15, 0.2) is 42.6 Å². The lowest BCUT2D eigenvalue weighted by atomic mass is 9.70. The van der Waals surface area contributed by atoms with Crippen molar-refractivity contribution in [1.29, 1.82) is 0 Å². The number of hydrogen-bond acceptors (Lipinski definition) is 3. The Labute approximate surface area is 182 Å². The van der Waals surface area contributed by atoms with E-state index in [1.165, 1.54) is 6.07 Å². The molecule has 3 aliphatic heterocycles. The fraction of sp³-hybridized carbons (Fsp3) is 0.500. The van der Waals surface area contributed by atoms with Crippen molar-refractivity contribution < 1.29 is 9.18 Å². The van der Waals surface area contributed by atoms with Gasteiger partial charge in [0.25, 0.3) is 0 Å². The molecular weight excluding hydrogens is 401 g/mol. The number of piperidine rings is 3. The number of pyridine rings is 1. The SMILES string of the molecule is O=C1CCC[C@H]2[C@@H]3C[C@@H](CN(Cc4ccc(Cl)cn4)C3)[C@H](Cc3cccc(F)c3)N12. The Morgan fingerprint density at radius 3 is 2.83 bits per heavy atom. The lowest BCUT2D eigenvalue weighted by Gasteiger charge is -2.56. The van der Waals surface area contributed by atoms with Crippen molar-refractivity contribution in [1.82, 2.24) is 14.8 Å². The van der Waals surface area contributed by atoms with Crippen molar-refractivity contribution in [2.24, 2.45) is 11.8 Å². The van der Waals surface area contributed by atoms with Crippen molar-refractivity contribution in [3.63, 3.8) is 0 Å². The zero-order valence-electron chi connectivity index (χ0n) is 17.0. The normalized spacial score (nSPS) is 29.0. The highest BCUT2D eigenvalue weighted by molar-refractivity contribution is 6.30. The molecular formula is C24H27ClFN3O. The first-order chi connectivity index (χ1) is 14.6. The van der Waals surface area contributed by atoms with Crippen molar-refractivity contribution in [3.8, 4) is 0 Å². The van der Waals surface area contributed by atoms with Gasteiger partial charge >= 0.3 is 0 Å². The average Bonchev–Trinajstić information content (AvgIpc) is 2.73. The van der Waals surface area contributed by atoms with Crippen LogP contribution < -0.4 is 0 Å². The van der Waals surface area contributed by atoms with Gasteiger partial charge in [-0.2, -0.15) is 0 Å². The predicted octanol–water partition coefficient (Wildman–Crippen LogP) is 4.32. The molecule has 2 aromatic rings. The summed E-state index contributed by atoms with van der Waals surface area (Å²) >= 11 is 5.99. The summed E-state index contributed by atoms with van der Waals surface area (Å²) in [4.78, 5) is 22.1. The number of fused-ring (bicyclic) bond motifs is 4. The molecule has 1 aromatic heterocycles. The second kappa shape index (κ2) is 8.27. The molecule has 4 atom stereocenters. The van der Waals surface area contributed by atoms with E-state index in [9.17, 15) is 9.18 Å². The third-order valence-corrected chi connectivity index (χ3v) is 7.30. The largest absolute Gasteiger partial charge is 0.336 e. The summed E-state index contributed by atoms with van der Waals surface area (Å²) < 4.78 is 13.8. The summed E-state index contributed by atoms with van der Waals surface area (Å²) in [6, 6.07) is 11.2. The maximum atomic E-state index is 13.8. The van der Waals surface area contributed by atoms with Gasteiger partial charge in [0, 0.05) is 44.3 Å². The van der Waals surface area contributed by atoms with E-state index in [2.05, 4.69) is 14.8 Å². The van der Waals surface area contributed by atoms with Crippen LogP contribution in [0.2, 0.25) is 5.02 Å². The van der Waals surface area contributed by atoms with Gasteiger partial charge in [-0.3, -0.25) is 14.7 Å².